The fourth-order valence-corrected chi connectivity index (χ4v) is 3.89. The number of thiophene rings is 1. The van der Waals surface area contributed by atoms with E-state index in [1.165, 1.54) is 36.1 Å². The number of hydrogen-bond acceptors (Lipinski definition) is 3. The first-order valence-electron chi connectivity index (χ1n) is 7.38. The van der Waals surface area contributed by atoms with Gasteiger partial charge < -0.3 is 10.6 Å². The average molecular weight is 280 g/mol. The van der Waals surface area contributed by atoms with Gasteiger partial charge in [0.25, 0.3) is 5.91 Å². The van der Waals surface area contributed by atoms with Crippen LogP contribution in [0.25, 0.3) is 0 Å². The zero-order valence-corrected chi connectivity index (χ0v) is 12.8. The molecular formula is C15H24N2OS. The Morgan fingerprint density at radius 3 is 2.79 bits per heavy atom. The van der Waals surface area contributed by atoms with E-state index in [4.69, 9.17) is 0 Å². The second-order valence-corrected chi connectivity index (χ2v) is 6.23. The molecule has 2 rings (SSSR count). The highest BCUT2D eigenvalue weighted by Crippen LogP contribution is 2.37. The average Bonchev–Trinajstić information content (AvgIpc) is 2.82. The van der Waals surface area contributed by atoms with Crippen molar-refractivity contribution in [2.45, 2.75) is 51.9 Å². The molecule has 1 aromatic heterocycles. The molecule has 2 N–H and O–H groups in total. The number of unbranched alkanes of at least 4 members (excludes halogenated alkanes) is 2. The van der Waals surface area contributed by atoms with Gasteiger partial charge in [-0.1, -0.05) is 19.8 Å². The lowest BCUT2D eigenvalue weighted by atomic mass is 9.95. The number of nitrogens with one attached hydrogen (secondary N) is 2. The minimum Gasteiger partial charge on any atom is -0.379 e. The zero-order chi connectivity index (χ0) is 13.7. The maximum absolute atomic E-state index is 12.4. The summed E-state index contributed by atoms with van der Waals surface area (Å²) in [6, 6.07) is 0. The maximum atomic E-state index is 12.4. The Morgan fingerprint density at radius 2 is 2.05 bits per heavy atom. The molecule has 0 aliphatic heterocycles. The van der Waals surface area contributed by atoms with E-state index in [-0.39, 0.29) is 5.91 Å². The number of hydrogen-bond donors (Lipinski definition) is 2. The standard InChI is InChI=1S/C15H24N2OS/c1-3-4-7-10-17-14(18)13-11-8-5-6-9-12(11)19-15(13)16-2/h16H,3-10H2,1-2H3,(H,17,18). The molecule has 0 saturated heterocycles. The Hall–Kier alpha value is -1.03. The predicted octanol–water partition coefficient (Wildman–Crippen LogP) is 3.59. The second-order valence-electron chi connectivity index (χ2n) is 5.13. The van der Waals surface area contributed by atoms with Gasteiger partial charge in [-0.15, -0.1) is 11.3 Å². The third-order valence-electron chi connectivity index (χ3n) is 3.69. The molecule has 3 nitrogen and oxygen atoms in total. The number of carbonyl (C=O) groups is 1. The van der Waals surface area contributed by atoms with E-state index in [2.05, 4.69) is 17.6 Å². The molecule has 1 amide bonds. The third kappa shape index (κ3) is 3.30. The van der Waals surface area contributed by atoms with Gasteiger partial charge in [0, 0.05) is 18.5 Å². The smallest absolute Gasteiger partial charge is 0.254 e. The monoisotopic (exact) mass is 280 g/mol. The minimum absolute atomic E-state index is 0.111. The van der Waals surface area contributed by atoms with Crippen molar-refractivity contribution >= 4 is 22.2 Å². The summed E-state index contributed by atoms with van der Waals surface area (Å²) < 4.78 is 0. The molecule has 0 spiro atoms. The SMILES string of the molecule is CCCCCNC(=O)c1c(NC)sc2c1CCCC2. The van der Waals surface area contributed by atoms with Crippen LogP contribution in [-0.2, 0) is 12.8 Å². The normalized spacial score (nSPS) is 14.0. The first kappa shape index (κ1) is 14.4. The van der Waals surface area contributed by atoms with Gasteiger partial charge >= 0.3 is 0 Å². The number of rotatable bonds is 6. The van der Waals surface area contributed by atoms with Crippen molar-refractivity contribution in [3.63, 3.8) is 0 Å². The lowest BCUT2D eigenvalue weighted by Gasteiger charge is -2.13. The van der Waals surface area contributed by atoms with E-state index in [0.29, 0.717) is 0 Å². The van der Waals surface area contributed by atoms with E-state index in [1.807, 2.05) is 7.05 Å². The number of carbonyl (C=O) groups excluding carboxylic acids is 1. The van der Waals surface area contributed by atoms with Crippen LogP contribution in [0.1, 0.15) is 59.8 Å². The summed E-state index contributed by atoms with van der Waals surface area (Å²) in [5.74, 6) is 0.111. The fourth-order valence-electron chi connectivity index (χ4n) is 2.65. The van der Waals surface area contributed by atoms with Crippen LogP contribution in [-0.4, -0.2) is 19.5 Å². The van der Waals surface area contributed by atoms with E-state index < -0.39 is 0 Å². The topological polar surface area (TPSA) is 41.1 Å². The molecule has 0 unspecified atom stereocenters. The molecule has 0 radical (unpaired) electrons. The van der Waals surface area contributed by atoms with Crippen molar-refractivity contribution in [2.75, 3.05) is 18.9 Å². The molecule has 1 heterocycles. The Balaban J connectivity index is 2.09. The van der Waals surface area contributed by atoms with Gasteiger partial charge in [-0.25, -0.2) is 0 Å². The molecule has 0 bridgehead atoms. The van der Waals surface area contributed by atoms with Crippen LogP contribution >= 0.6 is 11.3 Å². The molecule has 1 aromatic rings. The Kier molecular flexibility index (Phi) is 5.25. The van der Waals surface area contributed by atoms with Crippen LogP contribution in [0.4, 0.5) is 5.00 Å². The first-order chi connectivity index (χ1) is 9.27. The van der Waals surface area contributed by atoms with E-state index in [9.17, 15) is 4.79 Å². The molecule has 1 aliphatic carbocycles. The van der Waals surface area contributed by atoms with Crippen molar-refractivity contribution in [1.82, 2.24) is 5.32 Å². The molecule has 0 fully saturated rings. The van der Waals surface area contributed by atoms with E-state index >= 15 is 0 Å². The zero-order valence-electron chi connectivity index (χ0n) is 12.0. The number of fused-ring (bicyclic) bond motifs is 1. The Morgan fingerprint density at radius 1 is 1.26 bits per heavy atom. The molecule has 4 heteroatoms. The van der Waals surface area contributed by atoms with Crippen LogP contribution in [0.3, 0.4) is 0 Å². The number of anilines is 1. The lowest BCUT2D eigenvalue weighted by molar-refractivity contribution is 0.0953. The molecule has 0 aromatic carbocycles. The summed E-state index contributed by atoms with van der Waals surface area (Å²) in [4.78, 5) is 13.8. The number of amides is 1. The van der Waals surface area contributed by atoms with Crippen molar-refractivity contribution in [3.05, 3.63) is 16.0 Å². The van der Waals surface area contributed by atoms with Crippen LogP contribution in [0.2, 0.25) is 0 Å². The van der Waals surface area contributed by atoms with Crippen molar-refractivity contribution < 1.29 is 4.79 Å². The Bertz CT molecular complexity index is 440. The van der Waals surface area contributed by atoms with Gasteiger partial charge in [-0.3, -0.25) is 4.79 Å². The van der Waals surface area contributed by atoms with E-state index in [1.54, 1.807) is 11.3 Å². The van der Waals surface area contributed by atoms with Gasteiger partial charge in [0.15, 0.2) is 0 Å². The highest BCUT2D eigenvalue weighted by molar-refractivity contribution is 7.16. The summed E-state index contributed by atoms with van der Waals surface area (Å²) in [5, 5.41) is 7.31. The lowest BCUT2D eigenvalue weighted by Crippen LogP contribution is -2.26. The molecular weight excluding hydrogens is 256 g/mol. The summed E-state index contributed by atoms with van der Waals surface area (Å²) in [5.41, 5.74) is 2.22. The van der Waals surface area contributed by atoms with Gasteiger partial charge in [0.2, 0.25) is 0 Å². The largest absolute Gasteiger partial charge is 0.379 e. The van der Waals surface area contributed by atoms with Gasteiger partial charge in [0.1, 0.15) is 5.00 Å². The Labute approximate surface area is 119 Å². The summed E-state index contributed by atoms with van der Waals surface area (Å²) in [6.45, 7) is 2.97. The summed E-state index contributed by atoms with van der Waals surface area (Å²) >= 11 is 1.76. The van der Waals surface area contributed by atoms with Crippen LogP contribution in [0.5, 0.6) is 0 Å². The highest BCUT2D eigenvalue weighted by Gasteiger charge is 2.24. The maximum Gasteiger partial charge on any atom is 0.254 e. The summed E-state index contributed by atoms with van der Waals surface area (Å²) in [7, 11) is 1.91. The molecule has 19 heavy (non-hydrogen) atoms. The van der Waals surface area contributed by atoms with Crippen molar-refractivity contribution in [2.24, 2.45) is 0 Å². The quantitative estimate of drug-likeness (QED) is 0.782. The van der Waals surface area contributed by atoms with E-state index in [0.717, 1.165) is 36.4 Å². The van der Waals surface area contributed by atoms with Crippen molar-refractivity contribution in [1.29, 1.82) is 0 Å². The number of aryl methyl sites for hydroxylation is 1. The first-order valence-corrected chi connectivity index (χ1v) is 8.20. The molecule has 106 valence electrons. The van der Waals surface area contributed by atoms with Gasteiger partial charge in [0.05, 0.1) is 5.56 Å². The molecule has 1 aliphatic rings. The second kappa shape index (κ2) is 6.94. The molecule has 0 saturated carbocycles. The predicted molar refractivity (Wildman–Crippen MR) is 82.4 cm³/mol. The van der Waals surface area contributed by atoms with Gasteiger partial charge in [-0.05, 0) is 37.7 Å². The van der Waals surface area contributed by atoms with Crippen LogP contribution in [0.15, 0.2) is 0 Å². The van der Waals surface area contributed by atoms with Crippen LogP contribution in [0, 0.1) is 0 Å². The summed E-state index contributed by atoms with van der Waals surface area (Å²) in [6.07, 6.45) is 8.11. The molecule has 0 atom stereocenters. The van der Waals surface area contributed by atoms with Crippen molar-refractivity contribution in [3.8, 4) is 0 Å². The minimum atomic E-state index is 0.111. The van der Waals surface area contributed by atoms with Crippen LogP contribution < -0.4 is 10.6 Å². The fraction of sp³-hybridized carbons (Fsp3) is 0.667. The van der Waals surface area contributed by atoms with Gasteiger partial charge in [-0.2, -0.15) is 0 Å². The third-order valence-corrected chi connectivity index (χ3v) is 5.00. The highest BCUT2D eigenvalue weighted by atomic mass is 32.1.